The number of rotatable bonds is 4. The van der Waals surface area contributed by atoms with Crippen molar-refractivity contribution in [3.8, 4) is 11.5 Å². The predicted molar refractivity (Wildman–Crippen MR) is 111 cm³/mol. The Labute approximate surface area is 180 Å². The lowest BCUT2D eigenvalue weighted by Gasteiger charge is -2.21. The van der Waals surface area contributed by atoms with Crippen LogP contribution in [0.4, 0.5) is 5.95 Å². The Hall–Kier alpha value is -2.91. The van der Waals surface area contributed by atoms with Crippen molar-refractivity contribution < 1.29 is 23.7 Å². The molecular formula is C22H26N4O5. The molecule has 0 spiro atoms. The van der Waals surface area contributed by atoms with Gasteiger partial charge in [-0.05, 0) is 24.3 Å². The third-order valence-corrected chi connectivity index (χ3v) is 5.74. The molecule has 164 valence electrons. The molecule has 1 aromatic carbocycles. The first kappa shape index (κ1) is 20.0. The van der Waals surface area contributed by atoms with E-state index in [2.05, 4.69) is 41.4 Å². The van der Waals surface area contributed by atoms with Crippen LogP contribution in [-0.4, -0.2) is 60.2 Å². The van der Waals surface area contributed by atoms with Gasteiger partial charge in [0.2, 0.25) is 12.7 Å². The lowest BCUT2D eigenvalue weighted by atomic mass is 9.92. The molecule has 0 radical (unpaired) electrons. The quantitative estimate of drug-likeness (QED) is 0.764. The summed E-state index contributed by atoms with van der Waals surface area (Å²) in [6, 6.07) is 6.74. The number of carbonyl (C=O) groups is 1. The summed E-state index contributed by atoms with van der Waals surface area (Å²) in [6.07, 6.45) is 1.33. The Morgan fingerprint density at radius 2 is 1.77 bits per heavy atom. The van der Waals surface area contributed by atoms with Crippen LogP contribution in [0.5, 0.6) is 11.5 Å². The number of hydrogen-bond donors (Lipinski definition) is 2. The van der Waals surface area contributed by atoms with E-state index in [1.165, 1.54) is 0 Å². The maximum atomic E-state index is 12.7. The minimum atomic E-state index is -0.239. The molecule has 2 aromatic rings. The van der Waals surface area contributed by atoms with Crippen LogP contribution in [0, 0.1) is 0 Å². The Morgan fingerprint density at radius 3 is 2.58 bits per heavy atom. The fourth-order valence-electron chi connectivity index (χ4n) is 4.05. The smallest absolute Gasteiger partial charge is 0.251 e. The Balaban J connectivity index is 1.23. The summed E-state index contributed by atoms with van der Waals surface area (Å²) in [4.78, 5) is 21.7. The molecular weight excluding hydrogens is 400 g/mol. The van der Waals surface area contributed by atoms with Gasteiger partial charge in [0.05, 0.1) is 31.0 Å². The summed E-state index contributed by atoms with van der Waals surface area (Å²) >= 11 is 0. The predicted octanol–water partition coefficient (Wildman–Crippen LogP) is 1.88. The standard InChI is InChI=1S/C22H26N4O5/c1-22(2,3)17-6-7-23-21(26-17)25-14-10-29-18-13(9-28-19(14)18)24-20(27)12-4-5-15-16(8-12)31-11-30-15/h4-8,13-14,18-19H,9-11H2,1-3H3,(H,24,27)(H,23,25,26)/t13-,14-,18+,19+/m0/s1. The first-order valence-corrected chi connectivity index (χ1v) is 10.4. The number of ether oxygens (including phenoxy) is 4. The molecule has 0 bridgehead atoms. The van der Waals surface area contributed by atoms with Crippen molar-refractivity contribution in [3.63, 3.8) is 0 Å². The summed E-state index contributed by atoms with van der Waals surface area (Å²) in [5, 5.41) is 6.37. The molecule has 3 aliphatic heterocycles. The van der Waals surface area contributed by atoms with Crippen LogP contribution >= 0.6 is 0 Å². The summed E-state index contributed by atoms with van der Waals surface area (Å²) < 4.78 is 22.6. The van der Waals surface area contributed by atoms with E-state index in [-0.39, 0.29) is 42.4 Å². The van der Waals surface area contributed by atoms with Crippen LogP contribution in [0.1, 0.15) is 36.8 Å². The van der Waals surface area contributed by atoms with Crippen LogP contribution in [0.25, 0.3) is 0 Å². The van der Waals surface area contributed by atoms with Crippen molar-refractivity contribution in [2.24, 2.45) is 0 Å². The van der Waals surface area contributed by atoms with Gasteiger partial charge in [0.25, 0.3) is 5.91 Å². The Morgan fingerprint density at radius 1 is 1.03 bits per heavy atom. The second-order valence-electron chi connectivity index (χ2n) is 9.01. The number of anilines is 1. The number of hydrogen-bond acceptors (Lipinski definition) is 8. The van der Waals surface area contributed by atoms with Crippen LogP contribution in [0.3, 0.4) is 0 Å². The molecule has 9 nitrogen and oxygen atoms in total. The van der Waals surface area contributed by atoms with E-state index in [9.17, 15) is 4.79 Å². The largest absolute Gasteiger partial charge is 0.454 e. The number of nitrogens with one attached hydrogen (secondary N) is 2. The van der Waals surface area contributed by atoms with Crippen molar-refractivity contribution in [1.29, 1.82) is 0 Å². The highest BCUT2D eigenvalue weighted by molar-refractivity contribution is 5.95. The second-order valence-corrected chi connectivity index (χ2v) is 9.01. The van der Waals surface area contributed by atoms with Crippen LogP contribution in [-0.2, 0) is 14.9 Å². The van der Waals surface area contributed by atoms with E-state index >= 15 is 0 Å². The summed E-state index contributed by atoms with van der Waals surface area (Å²) in [7, 11) is 0. The number of benzene rings is 1. The summed E-state index contributed by atoms with van der Waals surface area (Å²) in [6.45, 7) is 7.34. The monoisotopic (exact) mass is 426 g/mol. The molecule has 2 saturated heterocycles. The number of carbonyl (C=O) groups excluding carboxylic acids is 1. The van der Waals surface area contributed by atoms with Gasteiger partial charge in [-0.15, -0.1) is 0 Å². The minimum Gasteiger partial charge on any atom is -0.454 e. The van der Waals surface area contributed by atoms with E-state index in [0.717, 1.165) is 5.69 Å². The highest BCUT2D eigenvalue weighted by Gasteiger charge is 2.48. The molecule has 1 aromatic heterocycles. The molecule has 0 saturated carbocycles. The van der Waals surface area contributed by atoms with Crippen molar-refractivity contribution >= 4 is 11.9 Å². The normalized spacial score (nSPS) is 26.5. The molecule has 1 amide bonds. The average Bonchev–Trinajstić information content (AvgIpc) is 3.45. The van der Waals surface area contributed by atoms with Crippen LogP contribution < -0.4 is 20.1 Å². The molecule has 0 unspecified atom stereocenters. The number of nitrogens with zero attached hydrogens (tertiary/aromatic N) is 2. The zero-order valence-electron chi connectivity index (χ0n) is 17.8. The maximum absolute atomic E-state index is 12.7. The lowest BCUT2D eigenvalue weighted by Crippen LogP contribution is -2.44. The zero-order chi connectivity index (χ0) is 21.6. The SMILES string of the molecule is CC(C)(C)c1ccnc(N[C@H]2CO[C@H]3[C@@H]2OC[C@@H]3NC(=O)c2ccc3c(c2)OCO3)n1. The van der Waals surface area contributed by atoms with Gasteiger partial charge in [-0.2, -0.15) is 0 Å². The third kappa shape index (κ3) is 3.90. The maximum Gasteiger partial charge on any atom is 0.251 e. The van der Waals surface area contributed by atoms with Crippen molar-refractivity contribution in [1.82, 2.24) is 15.3 Å². The third-order valence-electron chi connectivity index (χ3n) is 5.74. The Bertz CT molecular complexity index is 992. The van der Waals surface area contributed by atoms with Crippen LogP contribution in [0.2, 0.25) is 0 Å². The van der Waals surface area contributed by atoms with Gasteiger partial charge < -0.3 is 29.6 Å². The molecule has 4 heterocycles. The van der Waals surface area contributed by atoms with Crippen molar-refractivity contribution in [2.45, 2.75) is 50.5 Å². The second kappa shape index (κ2) is 7.65. The summed E-state index contributed by atoms with van der Waals surface area (Å²) in [5.74, 6) is 1.57. The van der Waals surface area contributed by atoms with Gasteiger partial charge in [-0.3, -0.25) is 4.79 Å². The molecule has 4 atom stereocenters. The topological polar surface area (TPSA) is 104 Å². The van der Waals surface area contributed by atoms with Crippen molar-refractivity contribution in [2.75, 3.05) is 25.3 Å². The average molecular weight is 426 g/mol. The highest BCUT2D eigenvalue weighted by atomic mass is 16.7. The Kier molecular flexibility index (Phi) is 4.94. The number of amides is 1. The van der Waals surface area contributed by atoms with E-state index < -0.39 is 0 Å². The highest BCUT2D eigenvalue weighted by Crippen LogP contribution is 2.33. The van der Waals surface area contributed by atoms with E-state index in [0.29, 0.717) is 36.2 Å². The molecule has 3 aliphatic rings. The van der Waals surface area contributed by atoms with Gasteiger partial charge in [0.15, 0.2) is 11.5 Å². The molecule has 2 fully saturated rings. The molecule has 9 heteroatoms. The summed E-state index contributed by atoms with van der Waals surface area (Å²) in [5.41, 5.74) is 1.40. The van der Waals surface area contributed by atoms with Gasteiger partial charge >= 0.3 is 0 Å². The zero-order valence-corrected chi connectivity index (χ0v) is 17.8. The minimum absolute atomic E-state index is 0.0674. The van der Waals surface area contributed by atoms with E-state index in [1.807, 2.05) is 6.07 Å². The first-order chi connectivity index (χ1) is 14.9. The number of aromatic nitrogens is 2. The molecule has 2 N–H and O–H groups in total. The van der Waals surface area contributed by atoms with Gasteiger partial charge in [0.1, 0.15) is 12.2 Å². The van der Waals surface area contributed by atoms with E-state index in [1.54, 1.807) is 24.4 Å². The number of fused-ring (bicyclic) bond motifs is 2. The lowest BCUT2D eigenvalue weighted by molar-refractivity contribution is 0.0652. The van der Waals surface area contributed by atoms with Crippen molar-refractivity contribution in [3.05, 3.63) is 41.7 Å². The molecule has 31 heavy (non-hydrogen) atoms. The van der Waals surface area contributed by atoms with Gasteiger partial charge in [0, 0.05) is 17.2 Å². The molecule has 0 aliphatic carbocycles. The van der Waals surface area contributed by atoms with E-state index in [4.69, 9.17) is 18.9 Å². The van der Waals surface area contributed by atoms with Crippen LogP contribution in [0.15, 0.2) is 30.5 Å². The van der Waals surface area contributed by atoms with Gasteiger partial charge in [-0.25, -0.2) is 9.97 Å². The van der Waals surface area contributed by atoms with Gasteiger partial charge in [-0.1, -0.05) is 20.8 Å². The fraction of sp³-hybridized carbons (Fsp3) is 0.500. The molecule has 5 rings (SSSR count). The fourth-order valence-corrected chi connectivity index (χ4v) is 4.05. The first-order valence-electron chi connectivity index (χ1n) is 10.4.